The number of aromatic nitrogens is 4. The van der Waals surface area contributed by atoms with Gasteiger partial charge in [-0.3, -0.25) is 0 Å². The van der Waals surface area contributed by atoms with E-state index in [1.807, 2.05) is 12.1 Å². The number of nitrogens with two attached hydrogens (primary N) is 1. The number of thioether (sulfide) groups is 1. The molecule has 0 aliphatic carbocycles. The summed E-state index contributed by atoms with van der Waals surface area (Å²) >= 11 is 1.48. The van der Waals surface area contributed by atoms with Gasteiger partial charge in [-0.05, 0) is 65.2 Å². The number of primary sulfonamides is 1. The van der Waals surface area contributed by atoms with Gasteiger partial charge in [0.2, 0.25) is 15.2 Å². The van der Waals surface area contributed by atoms with Crippen molar-refractivity contribution >= 4 is 21.8 Å². The lowest BCUT2D eigenvalue weighted by Crippen LogP contribution is -2.11. The SMILES string of the molecule is CCCCc1ccc(-n2nnnc2SCCOc2ccc(S(N)(=O)=O)cc2)cc1. The number of aryl methyl sites for hydroxylation is 1. The lowest BCUT2D eigenvalue weighted by atomic mass is 10.1. The minimum absolute atomic E-state index is 0.0547. The van der Waals surface area contributed by atoms with E-state index in [2.05, 4.69) is 34.6 Å². The number of nitrogens with zero attached hydrogens (tertiary/aromatic N) is 4. The van der Waals surface area contributed by atoms with Crippen molar-refractivity contribution in [3.63, 3.8) is 0 Å². The molecule has 1 aromatic heterocycles. The van der Waals surface area contributed by atoms with E-state index < -0.39 is 10.0 Å². The number of ether oxygens (including phenoxy) is 1. The molecule has 8 nitrogen and oxygen atoms in total. The van der Waals surface area contributed by atoms with Gasteiger partial charge in [0.25, 0.3) is 0 Å². The van der Waals surface area contributed by atoms with Crippen molar-refractivity contribution in [2.45, 2.75) is 36.2 Å². The number of hydrogen-bond acceptors (Lipinski definition) is 7. The van der Waals surface area contributed by atoms with E-state index in [0.29, 0.717) is 23.3 Å². The molecule has 2 aromatic carbocycles. The molecule has 0 fully saturated rings. The smallest absolute Gasteiger partial charge is 0.238 e. The van der Waals surface area contributed by atoms with Crippen LogP contribution in [-0.2, 0) is 16.4 Å². The summed E-state index contributed by atoms with van der Waals surface area (Å²) in [6.07, 6.45) is 3.42. The zero-order valence-electron chi connectivity index (χ0n) is 16.1. The number of rotatable bonds is 10. The molecule has 0 aliphatic rings. The van der Waals surface area contributed by atoms with Gasteiger partial charge < -0.3 is 4.74 Å². The maximum atomic E-state index is 11.3. The highest BCUT2D eigenvalue weighted by atomic mass is 32.2. The van der Waals surface area contributed by atoms with E-state index in [1.165, 1.54) is 42.3 Å². The third-order valence-corrected chi connectivity index (χ3v) is 5.99. The Morgan fingerprint density at radius 1 is 1.10 bits per heavy atom. The Bertz CT molecular complexity index is 1020. The predicted octanol–water partition coefficient (Wildman–Crippen LogP) is 2.82. The molecule has 2 N–H and O–H groups in total. The highest BCUT2D eigenvalue weighted by Crippen LogP contribution is 2.20. The van der Waals surface area contributed by atoms with Crippen molar-refractivity contribution in [3.05, 3.63) is 54.1 Å². The highest BCUT2D eigenvalue weighted by molar-refractivity contribution is 7.99. The Balaban J connectivity index is 1.53. The molecule has 0 saturated carbocycles. The van der Waals surface area contributed by atoms with Crippen LogP contribution in [0, 0.1) is 0 Å². The van der Waals surface area contributed by atoms with Crippen molar-refractivity contribution in [3.8, 4) is 11.4 Å². The molecule has 0 unspecified atom stereocenters. The Hall–Kier alpha value is -2.43. The number of unbranched alkanes of at least 4 members (excludes halogenated alkanes) is 1. The van der Waals surface area contributed by atoms with Gasteiger partial charge in [-0.2, -0.15) is 4.68 Å². The topological polar surface area (TPSA) is 113 Å². The maximum Gasteiger partial charge on any atom is 0.238 e. The molecule has 3 aromatic rings. The lowest BCUT2D eigenvalue weighted by Gasteiger charge is -2.07. The van der Waals surface area contributed by atoms with Gasteiger partial charge in [-0.1, -0.05) is 37.2 Å². The zero-order chi connectivity index (χ0) is 20.7. The second kappa shape index (κ2) is 9.86. The van der Waals surface area contributed by atoms with Gasteiger partial charge in [-0.15, -0.1) is 5.10 Å². The normalized spacial score (nSPS) is 11.5. The second-order valence-corrected chi connectivity index (χ2v) is 8.98. The molecule has 0 radical (unpaired) electrons. The summed E-state index contributed by atoms with van der Waals surface area (Å²) in [6.45, 7) is 2.60. The van der Waals surface area contributed by atoms with Crippen LogP contribution in [0.1, 0.15) is 25.3 Å². The van der Waals surface area contributed by atoms with Crippen LogP contribution < -0.4 is 9.88 Å². The lowest BCUT2D eigenvalue weighted by molar-refractivity contribution is 0.343. The number of benzene rings is 2. The quantitative estimate of drug-likeness (QED) is 0.386. The van der Waals surface area contributed by atoms with Crippen LogP contribution in [-0.4, -0.2) is 41.0 Å². The molecular weight excluding hydrogens is 410 g/mol. The number of tetrazole rings is 1. The highest BCUT2D eigenvalue weighted by Gasteiger charge is 2.10. The minimum atomic E-state index is -3.70. The maximum absolute atomic E-state index is 11.3. The molecule has 0 bridgehead atoms. The van der Waals surface area contributed by atoms with Crippen LogP contribution >= 0.6 is 11.8 Å². The van der Waals surface area contributed by atoms with Crippen molar-refractivity contribution in [1.29, 1.82) is 0 Å². The van der Waals surface area contributed by atoms with Crippen LogP contribution in [0.2, 0.25) is 0 Å². The van der Waals surface area contributed by atoms with E-state index >= 15 is 0 Å². The molecule has 0 atom stereocenters. The fourth-order valence-corrected chi connectivity index (χ4v) is 3.86. The fourth-order valence-electron chi connectivity index (χ4n) is 2.63. The molecule has 0 aliphatic heterocycles. The molecule has 10 heteroatoms. The summed E-state index contributed by atoms with van der Waals surface area (Å²) in [6, 6.07) is 14.3. The summed E-state index contributed by atoms with van der Waals surface area (Å²) in [5.74, 6) is 1.20. The molecule has 0 amide bonds. The van der Waals surface area contributed by atoms with Gasteiger partial charge in [0.15, 0.2) is 0 Å². The van der Waals surface area contributed by atoms with Crippen molar-refractivity contribution in [1.82, 2.24) is 20.2 Å². The fraction of sp³-hybridized carbons (Fsp3) is 0.316. The van der Waals surface area contributed by atoms with E-state index in [-0.39, 0.29) is 4.90 Å². The van der Waals surface area contributed by atoms with Crippen molar-refractivity contribution < 1.29 is 13.2 Å². The van der Waals surface area contributed by atoms with E-state index in [1.54, 1.807) is 16.8 Å². The van der Waals surface area contributed by atoms with Crippen molar-refractivity contribution in [2.24, 2.45) is 5.14 Å². The van der Waals surface area contributed by atoms with Crippen LogP contribution in [0.15, 0.2) is 58.6 Å². The Morgan fingerprint density at radius 3 is 2.48 bits per heavy atom. The van der Waals surface area contributed by atoms with Gasteiger partial charge in [-0.25, -0.2) is 13.6 Å². The van der Waals surface area contributed by atoms with Crippen LogP contribution in [0.25, 0.3) is 5.69 Å². The average molecular weight is 434 g/mol. The monoisotopic (exact) mass is 433 g/mol. The largest absolute Gasteiger partial charge is 0.493 e. The van der Waals surface area contributed by atoms with E-state index in [0.717, 1.165) is 12.1 Å². The third kappa shape index (κ3) is 6.02. The molecule has 0 spiro atoms. The standard InChI is InChI=1S/C19H23N5O3S2/c1-2-3-4-15-5-7-16(8-6-15)24-19(21-22-23-24)28-14-13-27-17-9-11-18(12-10-17)29(20,25)26/h5-12H,2-4,13-14H2,1H3,(H2,20,25,26). The number of sulfonamides is 1. The van der Waals surface area contributed by atoms with Crippen LogP contribution in [0.3, 0.4) is 0 Å². The minimum Gasteiger partial charge on any atom is -0.493 e. The summed E-state index contributed by atoms with van der Waals surface area (Å²) < 4.78 is 29.9. The van der Waals surface area contributed by atoms with Crippen LogP contribution in [0.5, 0.6) is 5.75 Å². The first-order valence-electron chi connectivity index (χ1n) is 9.23. The Morgan fingerprint density at radius 2 is 1.83 bits per heavy atom. The van der Waals surface area contributed by atoms with E-state index in [9.17, 15) is 8.42 Å². The van der Waals surface area contributed by atoms with Gasteiger partial charge in [0.05, 0.1) is 17.2 Å². The molecule has 29 heavy (non-hydrogen) atoms. The summed E-state index contributed by atoms with van der Waals surface area (Å²) in [5, 5.41) is 17.7. The van der Waals surface area contributed by atoms with E-state index in [4.69, 9.17) is 9.88 Å². The molecule has 1 heterocycles. The summed E-state index contributed by atoms with van der Waals surface area (Å²) in [5.41, 5.74) is 2.22. The first-order valence-corrected chi connectivity index (χ1v) is 11.8. The molecule has 0 saturated heterocycles. The summed E-state index contributed by atoms with van der Waals surface area (Å²) in [4.78, 5) is 0.0547. The third-order valence-electron chi connectivity index (χ3n) is 4.18. The zero-order valence-corrected chi connectivity index (χ0v) is 17.7. The average Bonchev–Trinajstić information content (AvgIpc) is 3.18. The van der Waals surface area contributed by atoms with Gasteiger partial charge >= 0.3 is 0 Å². The van der Waals surface area contributed by atoms with Crippen LogP contribution in [0.4, 0.5) is 0 Å². The first-order chi connectivity index (χ1) is 14.0. The molecular formula is C19H23N5O3S2. The molecule has 154 valence electrons. The predicted molar refractivity (Wildman–Crippen MR) is 112 cm³/mol. The van der Waals surface area contributed by atoms with Crippen molar-refractivity contribution in [2.75, 3.05) is 12.4 Å². The molecule has 3 rings (SSSR count). The van der Waals surface area contributed by atoms with Gasteiger partial charge in [0, 0.05) is 5.75 Å². The number of hydrogen-bond donors (Lipinski definition) is 1. The van der Waals surface area contributed by atoms with Gasteiger partial charge in [0.1, 0.15) is 5.75 Å². The Labute approximate surface area is 174 Å². The second-order valence-electron chi connectivity index (χ2n) is 6.36. The Kier molecular flexibility index (Phi) is 7.24. The summed E-state index contributed by atoms with van der Waals surface area (Å²) in [7, 11) is -3.70. The first kappa shape index (κ1) is 21.3.